The smallest absolute Gasteiger partial charge is 0.314 e. The summed E-state index contributed by atoms with van der Waals surface area (Å²) in [7, 11) is 1.39. The number of nitrogens with zero attached hydrogens (tertiary/aromatic N) is 2. The fourth-order valence-corrected chi connectivity index (χ4v) is 3.27. The Kier molecular flexibility index (Phi) is 5.08. The summed E-state index contributed by atoms with van der Waals surface area (Å²) in [6.07, 6.45) is 3.47. The maximum absolute atomic E-state index is 13.5. The second-order valence-corrected chi connectivity index (χ2v) is 6.44. The Labute approximate surface area is 153 Å². The van der Waals surface area contributed by atoms with Gasteiger partial charge in [-0.15, -0.1) is 11.8 Å². The van der Waals surface area contributed by atoms with E-state index in [4.69, 9.17) is 4.74 Å². The minimum atomic E-state index is -1.05. The average Bonchev–Trinajstić information content (AvgIpc) is 2.63. The third kappa shape index (κ3) is 3.22. The van der Waals surface area contributed by atoms with Gasteiger partial charge in [0.1, 0.15) is 0 Å². The molecule has 0 amide bonds. The molecule has 4 nitrogen and oxygen atoms in total. The SMILES string of the molecule is COc1c(-c2ccc(SC)c(C)c2)cnn(-c2ccc(F)c(F)c2)c1=O. The standard InChI is InChI=1S/C19H16F2N2O2S/c1-11-8-12(4-7-17(11)26-3)14-10-22-23(19(24)18(14)25-2)13-5-6-15(20)16(21)9-13/h4-10H,1-3H3. The Morgan fingerprint density at radius 1 is 1.12 bits per heavy atom. The summed E-state index contributed by atoms with van der Waals surface area (Å²) in [6, 6.07) is 8.95. The Hall–Kier alpha value is -2.67. The molecule has 0 bridgehead atoms. The molecule has 0 aliphatic carbocycles. The Bertz CT molecular complexity index is 1030. The van der Waals surface area contributed by atoms with Crippen LogP contribution in [0.3, 0.4) is 0 Å². The van der Waals surface area contributed by atoms with E-state index in [1.807, 2.05) is 31.4 Å². The predicted octanol–water partition coefficient (Wildman–Crippen LogP) is 4.22. The van der Waals surface area contributed by atoms with Gasteiger partial charge in [0.2, 0.25) is 0 Å². The highest BCUT2D eigenvalue weighted by Crippen LogP contribution is 2.30. The molecule has 1 heterocycles. The lowest BCUT2D eigenvalue weighted by Gasteiger charge is -2.12. The Balaban J connectivity index is 2.15. The van der Waals surface area contributed by atoms with E-state index in [0.29, 0.717) is 5.56 Å². The zero-order valence-corrected chi connectivity index (χ0v) is 15.2. The lowest BCUT2D eigenvalue weighted by atomic mass is 10.0. The monoisotopic (exact) mass is 374 g/mol. The van der Waals surface area contributed by atoms with Crippen LogP contribution in [0.25, 0.3) is 16.8 Å². The van der Waals surface area contributed by atoms with E-state index in [1.165, 1.54) is 19.4 Å². The van der Waals surface area contributed by atoms with Crippen LogP contribution in [0.1, 0.15) is 5.56 Å². The molecule has 0 spiro atoms. The molecule has 3 rings (SSSR count). The minimum Gasteiger partial charge on any atom is -0.491 e. The third-order valence-electron chi connectivity index (χ3n) is 3.99. The van der Waals surface area contributed by atoms with Crippen molar-refractivity contribution in [1.29, 1.82) is 0 Å². The van der Waals surface area contributed by atoms with Gasteiger partial charge in [0.15, 0.2) is 17.4 Å². The molecule has 0 unspecified atom stereocenters. The molecular formula is C19H16F2N2O2S. The highest BCUT2D eigenvalue weighted by Gasteiger charge is 2.16. The average molecular weight is 374 g/mol. The Morgan fingerprint density at radius 3 is 2.50 bits per heavy atom. The maximum atomic E-state index is 13.5. The number of rotatable bonds is 4. The molecule has 0 N–H and O–H groups in total. The van der Waals surface area contributed by atoms with Crippen molar-refractivity contribution in [2.45, 2.75) is 11.8 Å². The molecule has 7 heteroatoms. The number of ether oxygens (including phenoxy) is 1. The van der Waals surface area contributed by atoms with Crippen LogP contribution < -0.4 is 10.3 Å². The lowest BCUT2D eigenvalue weighted by molar-refractivity contribution is 0.405. The number of methoxy groups -OCH3 is 1. The Morgan fingerprint density at radius 2 is 1.88 bits per heavy atom. The second-order valence-electron chi connectivity index (χ2n) is 5.59. The summed E-state index contributed by atoms with van der Waals surface area (Å²) < 4.78 is 32.9. The van der Waals surface area contributed by atoms with E-state index in [0.717, 1.165) is 32.8 Å². The molecular weight excluding hydrogens is 358 g/mol. The van der Waals surface area contributed by atoms with Crippen molar-refractivity contribution >= 4 is 11.8 Å². The second kappa shape index (κ2) is 7.29. The first-order chi connectivity index (χ1) is 12.5. The predicted molar refractivity (Wildman–Crippen MR) is 98.3 cm³/mol. The fraction of sp³-hybridized carbons (Fsp3) is 0.158. The van der Waals surface area contributed by atoms with Gasteiger partial charge in [0, 0.05) is 16.5 Å². The van der Waals surface area contributed by atoms with Gasteiger partial charge in [-0.1, -0.05) is 12.1 Å². The number of hydrogen-bond acceptors (Lipinski definition) is 4. The first kappa shape index (κ1) is 18.1. The zero-order valence-electron chi connectivity index (χ0n) is 14.4. The van der Waals surface area contributed by atoms with Crippen molar-refractivity contribution in [2.75, 3.05) is 13.4 Å². The van der Waals surface area contributed by atoms with Crippen molar-refractivity contribution in [3.8, 4) is 22.6 Å². The van der Waals surface area contributed by atoms with Gasteiger partial charge in [-0.05, 0) is 42.5 Å². The largest absolute Gasteiger partial charge is 0.491 e. The highest BCUT2D eigenvalue weighted by molar-refractivity contribution is 7.98. The van der Waals surface area contributed by atoms with Crippen molar-refractivity contribution in [3.05, 3.63) is 70.1 Å². The summed E-state index contributed by atoms with van der Waals surface area (Å²) >= 11 is 1.64. The van der Waals surface area contributed by atoms with Crippen LogP contribution in [0.4, 0.5) is 8.78 Å². The number of aromatic nitrogens is 2. The van der Waals surface area contributed by atoms with Crippen LogP contribution in [0, 0.1) is 18.6 Å². The molecule has 0 atom stereocenters. The van der Waals surface area contributed by atoms with Gasteiger partial charge in [-0.25, -0.2) is 8.78 Å². The lowest BCUT2D eigenvalue weighted by Crippen LogP contribution is -2.23. The summed E-state index contributed by atoms with van der Waals surface area (Å²) in [4.78, 5) is 13.9. The van der Waals surface area contributed by atoms with Crippen LogP contribution >= 0.6 is 11.8 Å². The topological polar surface area (TPSA) is 44.1 Å². The molecule has 0 aliphatic rings. The molecule has 0 fully saturated rings. The van der Waals surface area contributed by atoms with Gasteiger partial charge in [0.25, 0.3) is 0 Å². The summed E-state index contributed by atoms with van der Waals surface area (Å²) in [5.74, 6) is -1.96. The van der Waals surface area contributed by atoms with Gasteiger partial charge in [-0.3, -0.25) is 4.79 Å². The van der Waals surface area contributed by atoms with Gasteiger partial charge in [-0.2, -0.15) is 9.78 Å². The third-order valence-corrected chi connectivity index (χ3v) is 4.89. The summed E-state index contributed by atoms with van der Waals surface area (Å²) in [6.45, 7) is 1.98. The molecule has 2 aromatic carbocycles. The zero-order chi connectivity index (χ0) is 18.8. The molecule has 0 saturated heterocycles. The fourth-order valence-electron chi connectivity index (χ4n) is 2.69. The van der Waals surface area contributed by atoms with Gasteiger partial charge < -0.3 is 4.74 Å². The molecule has 134 valence electrons. The van der Waals surface area contributed by atoms with E-state index >= 15 is 0 Å². The van der Waals surface area contributed by atoms with Crippen LogP contribution in [-0.4, -0.2) is 23.1 Å². The van der Waals surface area contributed by atoms with Crippen LogP contribution in [0.5, 0.6) is 5.75 Å². The number of thioether (sulfide) groups is 1. The molecule has 0 aliphatic heterocycles. The maximum Gasteiger partial charge on any atom is 0.314 e. The van der Waals surface area contributed by atoms with Gasteiger partial charge in [0.05, 0.1) is 19.0 Å². The normalized spacial score (nSPS) is 10.8. The van der Waals surface area contributed by atoms with Crippen molar-refractivity contribution in [2.24, 2.45) is 0 Å². The molecule has 3 aromatic rings. The number of benzene rings is 2. The molecule has 26 heavy (non-hydrogen) atoms. The van der Waals surface area contributed by atoms with E-state index in [-0.39, 0.29) is 11.4 Å². The molecule has 1 aromatic heterocycles. The van der Waals surface area contributed by atoms with Crippen LogP contribution in [0.15, 0.2) is 52.3 Å². The van der Waals surface area contributed by atoms with Crippen molar-refractivity contribution < 1.29 is 13.5 Å². The van der Waals surface area contributed by atoms with Gasteiger partial charge >= 0.3 is 5.56 Å². The highest BCUT2D eigenvalue weighted by atomic mass is 32.2. The van der Waals surface area contributed by atoms with E-state index in [1.54, 1.807) is 11.8 Å². The number of aryl methyl sites for hydroxylation is 1. The number of halogens is 2. The van der Waals surface area contributed by atoms with Crippen molar-refractivity contribution in [1.82, 2.24) is 9.78 Å². The summed E-state index contributed by atoms with van der Waals surface area (Å²) in [5, 5.41) is 4.11. The first-order valence-corrected chi connectivity index (χ1v) is 8.95. The van der Waals surface area contributed by atoms with E-state index in [2.05, 4.69) is 5.10 Å². The van der Waals surface area contributed by atoms with Crippen LogP contribution in [0.2, 0.25) is 0 Å². The van der Waals surface area contributed by atoms with Crippen molar-refractivity contribution in [3.63, 3.8) is 0 Å². The van der Waals surface area contributed by atoms with Crippen LogP contribution in [-0.2, 0) is 0 Å². The first-order valence-electron chi connectivity index (χ1n) is 7.73. The number of hydrogen-bond donors (Lipinski definition) is 0. The quantitative estimate of drug-likeness (QED) is 0.642. The summed E-state index contributed by atoms with van der Waals surface area (Å²) in [5.41, 5.74) is 1.96. The van der Waals surface area contributed by atoms with E-state index < -0.39 is 17.2 Å². The van der Waals surface area contributed by atoms with E-state index in [9.17, 15) is 13.6 Å². The minimum absolute atomic E-state index is 0.0843. The molecule has 0 radical (unpaired) electrons. The molecule has 0 saturated carbocycles.